The Hall–Kier alpha value is -0.290. The molecule has 0 bridgehead atoms. The van der Waals surface area contributed by atoms with Crippen molar-refractivity contribution in [3.8, 4) is 0 Å². The molecule has 0 radical (unpaired) electrons. The van der Waals surface area contributed by atoms with Gasteiger partial charge in [0.05, 0.1) is 0 Å². The summed E-state index contributed by atoms with van der Waals surface area (Å²) in [6.45, 7) is -5.53. The topological polar surface area (TPSA) is 291 Å². The van der Waals surface area contributed by atoms with E-state index in [9.17, 15) is 23.1 Å². The third-order valence-corrected chi connectivity index (χ3v) is 3.88. The highest BCUT2D eigenvalue weighted by atomic mass is 31.2. The summed E-state index contributed by atoms with van der Waals surface area (Å²) >= 11 is 0. The van der Waals surface area contributed by atoms with Crippen LogP contribution in [0.5, 0.6) is 0 Å². The highest BCUT2D eigenvalue weighted by molar-refractivity contribution is 7.47. The standard InChI is InChI=1S/C5H16N2O17P4/c8-5(6(1-21-25(9,10)11)2-22-26(12,13)14)7(3-23-27(15,16)17)4-24-28(18,19)20/h1-4H2,(H2,9,10,11)(H2,12,13,14)(H2,15,16,17)(H2,18,19,20). The zero-order chi connectivity index (χ0) is 22.4. The lowest BCUT2D eigenvalue weighted by Gasteiger charge is -2.29. The van der Waals surface area contributed by atoms with Crippen LogP contribution in [0.3, 0.4) is 0 Å². The maximum absolute atomic E-state index is 12.2. The van der Waals surface area contributed by atoms with Crippen LogP contribution in [-0.4, -0.2) is 81.9 Å². The van der Waals surface area contributed by atoms with Gasteiger partial charge in [-0.1, -0.05) is 0 Å². The number of hydrogen-bond donors (Lipinski definition) is 8. The Bertz CT molecular complexity index is 590. The number of carbonyl (C=O) groups is 1. The Morgan fingerprint density at radius 2 is 0.714 bits per heavy atom. The van der Waals surface area contributed by atoms with Crippen molar-refractivity contribution in [3.05, 3.63) is 0 Å². The second-order valence-electron chi connectivity index (χ2n) is 4.36. The van der Waals surface area contributed by atoms with Crippen molar-refractivity contribution < 1.29 is 80.3 Å². The molecule has 28 heavy (non-hydrogen) atoms. The fraction of sp³-hybridized carbons (Fsp3) is 0.800. The van der Waals surface area contributed by atoms with Gasteiger partial charge in [0.25, 0.3) is 0 Å². The van der Waals surface area contributed by atoms with E-state index in [1.165, 1.54) is 0 Å². The molecule has 0 aliphatic heterocycles. The maximum atomic E-state index is 12.2. The van der Waals surface area contributed by atoms with Gasteiger partial charge in [-0.3, -0.25) is 27.9 Å². The fourth-order valence-electron chi connectivity index (χ4n) is 1.08. The summed E-state index contributed by atoms with van der Waals surface area (Å²) in [6.07, 6.45) is 0. The zero-order valence-corrected chi connectivity index (χ0v) is 16.8. The number of hydrogen-bond acceptors (Lipinski definition) is 9. The largest absolute Gasteiger partial charge is 0.471 e. The van der Waals surface area contributed by atoms with Crippen LogP contribution >= 0.6 is 31.3 Å². The van der Waals surface area contributed by atoms with Crippen molar-refractivity contribution in [1.29, 1.82) is 0 Å². The van der Waals surface area contributed by atoms with Crippen molar-refractivity contribution in [2.45, 2.75) is 0 Å². The van der Waals surface area contributed by atoms with E-state index in [1.807, 2.05) is 0 Å². The van der Waals surface area contributed by atoms with Gasteiger partial charge in [0, 0.05) is 0 Å². The number of phosphoric acid groups is 4. The van der Waals surface area contributed by atoms with Crippen molar-refractivity contribution >= 4 is 37.3 Å². The van der Waals surface area contributed by atoms with Crippen LogP contribution in [0.2, 0.25) is 0 Å². The molecule has 0 aromatic carbocycles. The van der Waals surface area contributed by atoms with E-state index in [1.54, 1.807) is 0 Å². The van der Waals surface area contributed by atoms with E-state index in [2.05, 4.69) is 18.1 Å². The monoisotopic (exact) mass is 500 g/mol. The molecule has 0 fully saturated rings. The number of rotatable bonds is 12. The summed E-state index contributed by atoms with van der Waals surface area (Å²) in [4.78, 5) is 81.3. The first-order valence-electron chi connectivity index (χ1n) is 6.13. The highest BCUT2D eigenvalue weighted by Crippen LogP contribution is 2.39. The Labute approximate surface area is 155 Å². The number of carbonyl (C=O) groups excluding carboxylic acids is 1. The van der Waals surface area contributed by atoms with Crippen LogP contribution < -0.4 is 0 Å². The molecule has 0 aliphatic rings. The smallest absolute Gasteiger partial charge is 0.303 e. The van der Waals surface area contributed by atoms with Gasteiger partial charge in [0.15, 0.2) is 0 Å². The predicted octanol–water partition coefficient (Wildman–Crippen LogP) is -2.02. The molecule has 19 nitrogen and oxygen atoms in total. The minimum absolute atomic E-state index is 0.0320. The van der Waals surface area contributed by atoms with Crippen molar-refractivity contribution in [3.63, 3.8) is 0 Å². The molecular formula is C5H16N2O17P4. The van der Waals surface area contributed by atoms with Crippen LogP contribution in [-0.2, 0) is 36.4 Å². The minimum atomic E-state index is -5.21. The number of nitrogens with zero attached hydrogens (tertiary/aromatic N) is 2. The van der Waals surface area contributed by atoms with Gasteiger partial charge < -0.3 is 39.1 Å². The van der Waals surface area contributed by atoms with Crippen LogP contribution in [0.1, 0.15) is 0 Å². The Morgan fingerprint density at radius 3 is 0.857 bits per heavy atom. The lowest BCUT2D eigenvalue weighted by molar-refractivity contribution is 0.00301. The van der Waals surface area contributed by atoms with Gasteiger partial charge in [0.1, 0.15) is 26.9 Å². The summed E-state index contributed by atoms with van der Waals surface area (Å²) in [5.74, 6) is 0. The van der Waals surface area contributed by atoms with Crippen LogP contribution in [0, 0.1) is 0 Å². The predicted molar refractivity (Wildman–Crippen MR) is 81.1 cm³/mol. The third kappa shape index (κ3) is 15.6. The summed E-state index contributed by atoms with van der Waals surface area (Å²) in [7, 11) is -20.8. The first-order chi connectivity index (χ1) is 12.3. The fourth-order valence-corrected chi connectivity index (χ4v) is 2.23. The molecule has 168 valence electrons. The van der Waals surface area contributed by atoms with Gasteiger partial charge in [-0.2, -0.15) is 0 Å². The van der Waals surface area contributed by atoms with Crippen molar-refractivity contribution in [2.24, 2.45) is 0 Å². The molecule has 2 amide bonds. The number of phosphoric ester groups is 4. The average Bonchev–Trinajstić information content (AvgIpc) is 2.42. The molecule has 0 aromatic heterocycles. The molecule has 0 unspecified atom stereocenters. The molecule has 0 spiro atoms. The van der Waals surface area contributed by atoms with Crippen molar-refractivity contribution in [2.75, 3.05) is 26.9 Å². The Balaban J connectivity index is 5.46. The van der Waals surface area contributed by atoms with E-state index < -0.39 is 64.2 Å². The lowest BCUT2D eigenvalue weighted by Crippen LogP contribution is -2.46. The molecular weight excluding hydrogens is 484 g/mol. The first-order valence-corrected chi connectivity index (χ1v) is 12.3. The van der Waals surface area contributed by atoms with E-state index in [0.717, 1.165) is 0 Å². The van der Waals surface area contributed by atoms with Gasteiger partial charge in [-0.15, -0.1) is 0 Å². The molecule has 0 rings (SSSR count). The third-order valence-electron chi connectivity index (χ3n) is 2.07. The van der Waals surface area contributed by atoms with Gasteiger partial charge in [-0.25, -0.2) is 23.1 Å². The first kappa shape index (κ1) is 27.7. The zero-order valence-electron chi connectivity index (χ0n) is 13.3. The number of amides is 2. The highest BCUT2D eigenvalue weighted by Gasteiger charge is 2.30. The summed E-state index contributed by atoms with van der Waals surface area (Å²) in [6, 6.07) is -1.64. The molecule has 0 heterocycles. The Kier molecular flexibility index (Phi) is 10.5. The van der Waals surface area contributed by atoms with Crippen LogP contribution in [0.4, 0.5) is 4.79 Å². The van der Waals surface area contributed by atoms with Gasteiger partial charge in [-0.05, 0) is 0 Å². The molecule has 8 N–H and O–H groups in total. The minimum Gasteiger partial charge on any atom is -0.303 e. The van der Waals surface area contributed by atoms with Gasteiger partial charge >= 0.3 is 37.3 Å². The number of urea groups is 1. The van der Waals surface area contributed by atoms with Crippen LogP contribution in [0.15, 0.2) is 0 Å². The maximum Gasteiger partial charge on any atom is 0.471 e. The Morgan fingerprint density at radius 1 is 0.536 bits per heavy atom. The van der Waals surface area contributed by atoms with Crippen molar-refractivity contribution in [1.82, 2.24) is 9.80 Å². The normalized spacial score (nSPS) is 13.4. The average molecular weight is 500 g/mol. The SMILES string of the molecule is O=C(N(COP(=O)(O)O)COP(=O)(O)O)N(COP(=O)(O)O)COP(=O)(O)O. The van der Waals surface area contributed by atoms with E-state index in [4.69, 9.17) is 39.1 Å². The summed E-state index contributed by atoms with van der Waals surface area (Å²) < 4.78 is 58.6. The second kappa shape index (κ2) is 10.7. The van der Waals surface area contributed by atoms with E-state index in [0.29, 0.717) is 0 Å². The van der Waals surface area contributed by atoms with E-state index >= 15 is 0 Å². The molecule has 0 saturated carbocycles. The molecule has 0 saturated heterocycles. The van der Waals surface area contributed by atoms with Gasteiger partial charge in [0.2, 0.25) is 0 Å². The van der Waals surface area contributed by atoms with E-state index in [-0.39, 0.29) is 9.80 Å². The molecule has 0 aromatic rings. The molecule has 23 heteroatoms. The molecule has 0 atom stereocenters. The van der Waals surface area contributed by atoms with Crippen LogP contribution in [0.25, 0.3) is 0 Å². The lowest BCUT2D eigenvalue weighted by atomic mass is 10.7. The quantitative estimate of drug-likeness (QED) is 0.106. The molecule has 0 aliphatic carbocycles. The second-order valence-corrected chi connectivity index (χ2v) is 9.31. The summed E-state index contributed by atoms with van der Waals surface area (Å²) in [5, 5.41) is 0. The summed E-state index contributed by atoms with van der Waals surface area (Å²) in [5.41, 5.74) is 0.